The summed E-state index contributed by atoms with van der Waals surface area (Å²) >= 11 is 0. The third-order valence-electron chi connectivity index (χ3n) is 3.84. The zero-order valence-corrected chi connectivity index (χ0v) is 13.2. The van der Waals surface area contributed by atoms with E-state index in [4.69, 9.17) is 0 Å². The molecule has 0 amide bonds. The van der Waals surface area contributed by atoms with Gasteiger partial charge in [0.1, 0.15) is 5.75 Å². The SMILES string of the molecule is CCc1c(-c2ccc(N(C)C)c(C)c2)[nH]c(=O)c(C)c1O. The largest absolute Gasteiger partial charge is 0.507 e. The second-order valence-electron chi connectivity index (χ2n) is 5.53. The fourth-order valence-corrected chi connectivity index (χ4v) is 2.64. The molecule has 1 aromatic carbocycles. The molecule has 112 valence electrons. The van der Waals surface area contributed by atoms with Gasteiger partial charge in [0.25, 0.3) is 5.56 Å². The van der Waals surface area contributed by atoms with E-state index in [0.29, 0.717) is 17.7 Å². The number of aromatic hydroxyl groups is 1. The molecule has 0 unspecified atom stereocenters. The van der Waals surface area contributed by atoms with Crippen molar-refractivity contribution in [3.8, 4) is 17.0 Å². The second kappa shape index (κ2) is 5.64. The topological polar surface area (TPSA) is 56.3 Å². The molecule has 1 heterocycles. The molecule has 2 aromatic rings. The van der Waals surface area contributed by atoms with Crippen LogP contribution >= 0.6 is 0 Å². The first kappa shape index (κ1) is 15.2. The number of benzene rings is 1. The van der Waals surface area contributed by atoms with Crippen molar-refractivity contribution in [1.82, 2.24) is 4.98 Å². The molecule has 0 fully saturated rings. The summed E-state index contributed by atoms with van der Waals surface area (Å²) in [7, 11) is 4.00. The summed E-state index contributed by atoms with van der Waals surface area (Å²) in [5.74, 6) is 0.102. The molecule has 0 aliphatic carbocycles. The van der Waals surface area contributed by atoms with E-state index in [-0.39, 0.29) is 11.3 Å². The van der Waals surface area contributed by atoms with Crippen molar-refractivity contribution in [3.05, 3.63) is 45.2 Å². The number of hydrogen-bond acceptors (Lipinski definition) is 3. The summed E-state index contributed by atoms with van der Waals surface area (Å²) in [5.41, 5.74) is 4.80. The first-order valence-electron chi connectivity index (χ1n) is 7.09. The predicted molar refractivity (Wildman–Crippen MR) is 87.3 cm³/mol. The van der Waals surface area contributed by atoms with Crippen molar-refractivity contribution >= 4 is 5.69 Å². The number of nitrogens with zero attached hydrogens (tertiary/aromatic N) is 1. The predicted octanol–water partition coefficient (Wildman–Crippen LogP) is 2.99. The molecule has 0 saturated heterocycles. The summed E-state index contributed by atoms with van der Waals surface area (Å²) in [6, 6.07) is 6.04. The third kappa shape index (κ3) is 2.66. The molecule has 2 rings (SSSR count). The molecular formula is C17H22N2O2. The van der Waals surface area contributed by atoms with Crippen LogP contribution in [0.1, 0.15) is 23.6 Å². The zero-order chi connectivity index (χ0) is 15.7. The van der Waals surface area contributed by atoms with E-state index in [1.807, 2.05) is 46.1 Å². The normalized spacial score (nSPS) is 10.7. The number of aromatic amines is 1. The van der Waals surface area contributed by atoms with Crippen molar-refractivity contribution < 1.29 is 5.11 Å². The number of aryl methyl sites for hydroxylation is 1. The molecule has 0 spiro atoms. The fraction of sp³-hybridized carbons (Fsp3) is 0.353. The lowest BCUT2D eigenvalue weighted by Gasteiger charge is -2.18. The summed E-state index contributed by atoms with van der Waals surface area (Å²) in [5, 5.41) is 10.2. The van der Waals surface area contributed by atoms with Gasteiger partial charge in [0.15, 0.2) is 0 Å². The van der Waals surface area contributed by atoms with Crippen molar-refractivity contribution in [2.45, 2.75) is 27.2 Å². The lowest BCUT2D eigenvalue weighted by Crippen LogP contribution is -2.13. The van der Waals surface area contributed by atoms with Gasteiger partial charge in [0.2, 0.25) is 0 Å². The Hall–Kier alpha value is -2.23. The van der Waals surface area contributed by atoms with Crippen LogP contribution in [0, 0.1) is 13.8 Å². The van der Waals surface area contributed by atoms with E-state index in [9.17, 15) is 9.90 Å². The number of pyridine rings is 1. The second-order valence-corrected chi connectivity index (χ2v) is 5.53. The van der Waals surface area contributed by atoms with Crippen molar-refractivity contribution in [1.29, 1.82) is 0 Å². The smallest absolute Gasteiger partial charge is 0.255 e. The molecule has 1 aromatic heterocycles. The van der Waals surface area contributed by atoms with Crippen LogP contribution in [0.15, 0.2) is 23.0 Å². The van der Waals surface area contributed by atoms with E-state index in [2.05, 4.69) is 9.88 Å². The Morgan fingerprint density at radius 1 is 1.24 bits per heavy atom. The number of rotatable bonds is 3. The van der Waals surface area contributed by atoms with Crippen LogP contribution in [0.4, 0.5) is 5.69 Å². The Morgan fingerprint density at radius 3 is 2.43 bits per heavy atom. The fourth-order valence-electron chi connectivity index (χ4n) is 2.64. The van der Waals surface area contributed by atoms with Gasteiger partial charge in [-0.1, -0.05) is 13.0 Å². The minimum atomic E-state index is -0.242. The van der Waals surface area contributed by atoms with Crippen LogP contribution in [0.5, 0.6) is 5.75 Å². The van der Waals surface area contributed by atoms with Gasteiger partial charge in [-0.3, -0.25) is 4.79 Å². The maximum absolute atomic E-state index is 11.9. The van der Waals surface area contributed by atoms with Gasteiger partial charge >= 0.3 is 0 Å². The van der Waals surface area contributed by atoms with E-state index in [0.717, 1.165) is 22.4 Å². The van der Waals surface area contributed by atoms with Gasteiger partial charge in [-0.2, -0.15) is 0 Å². The maximum Gasteiger partial charge on any atom is 0.255 e. The summed E-state index contributed by atoms with van der Waals surface area (Å²) < 4.78 is 0. The van der Waals surface area contributed by atoms with Gasteiger partial charge in [0, 0.05) is 25.3 Å². The minimum absolute atomic E-state index is 0.102. The van der Waals surface area contributed by atoms with E-state index in [1.165, 1.54) is 0 Å². The number of aromatic nitrogens is 1. The summed E-state index contributed by atoms with van der Waals surface area (Å²) in [6.07, 6.45) is 0.660. The molecule has 0 saturated carbocycles. The van der Waals surface area contributed by atoms with Crippen LogP contribution in [-0.4, -0.2) is 24.2 Å². The van der Waals surface area contributed by atoms with Crippen LogP contribution in [-0.2, 0) is 6.42 Å². The highest BCUT2D eigenvalue weighted by Gasteiger charge is 2.15. The van der Waals surface area contributed by atoms with Gasteiger partial charge in [-0.15, -0.1) is 0 Å². The van der Waals surface area contributed by atoms with Crippen molar-refractivity contribution in [2.75, 3.05) is 19.0 Å². The molecule has 0 atom stereocenters. The third-order valence-corrected chi connectivity index (χ3v) is 3.84. The molecule has 0 aliphatic rings. The Labute approximate surface area is 125 Å². The first-order chi connectivity index (χ1) is 9.86. The lowest BCUT2D eigenvalue weighted by atomic mass is 9.99. The van der Waals surface area contributed by atoms with Crippen LogP contribution in [0.2, 0.25) is 0 Å². The van der Waals surface area contributed by atoms with Crippen LogP contribution < -0.4 is 10.5 Å². The highest BCUT2D eigenvalue weighted by atomic mass is 16.3. The Balaban J connectivity index is 2.67. The van der Waals surface area contributed by atoms with Crippen LogP contribution in [0.25, 0.3) is 11.3 Å². The van der Waals surface area contributed by atoms with E-state index in [1.54, 1.807) is 6.92 Å². The molecule has 4 nitrogen and oxygen atoms in total. The Kier molecular flexibility index (Phi) is 4.07. The molecule has 0 bridgehead atoms. The molecule has 21 heavy (non-hydrogen) atoms. The van der Waals surface area contributed by atoms with Gasteiger partial charge in [-0.05, 0) is 43.5 Å². The quantitative estimate of drug-likeness (QED) is 0.912. The highest BCUT2D eigenvalue weighted by molar-refractivity contribution is 5.70. The summed E-state index contributed by atoms with van der Waals surface area (Å²) in [4.78, 5) is 16.9. The average molecular weight is 286 g/mol. The molecule has 0 radical (unpaired) electrons. The zero-order valence-electron chi connectivity index (χ0n) is 13.2. The molecular weight excluding hydrogens is 264 g/mol. The summed E-state index contributed by atoms with van der Waals surface area (Å²) in [6.45, 7) is 5.64. The van der Waals surface area contributed by atoms with Gasteiger partial charge < -0.3 is 15.0 Å². The minimum Gasteiger partial charge on any atom is -0.507 e. The number of H-pyrrole nitrogens is 1. The first-order valence-corrected chi connectivity index (χ1v) is 7.09. The molecule has 2 N–H and O–H groups in total. The molecule has 4 heteroatoms. The average Bonchev–Trinajstić information content (AvgIpc) is 2.44. The highest BCUT2D eigenvalue weighted by Crippen LogP contribution is 2.31. The number of hydrogen-bond donors (Lipinski definition) is 2. The number of nitrogens with one attached hydrogen (secondary N) is 1. The van der Waals surface area contributed by atoms with E-state index < -0.39 is 0 Å². The van der Waals surface area contributed by atoms with Gasteiger partial charge in [-0.25, -0.2) is 0 Å². The molecule has 0 aliphatic heterocycles. The Bertz CT molecular complexity index is 730. The van der Waals surface area contributed by atoms with Crippen molar-refractivity contribution in [3.63, 3.8) is 0 Å². The Morgan fingerprint density at radius 2 is 1.90 bits per heavy atom. The monoisotopic (exact) mass is 286 g/mol. The standard InChI is InChI=1S/C17H22N2O2/c1-6-13-15(18-17(21)11(3)16(13)20)12-7-8-14(19(4)5)10(2)9-12/h7-9H,6H2,1-5H3,(H2,18,20,21). The van der Waals surface area contributed by atoms with Crippen LogP contribution in [0.3, 0.4) is 0 Å². The lowest BCUT2D eigenvalue weighted by molar-refractivity contribution is 0.463. The van der Waals surface area contributed by atoms with E-state index >= 15 is 0 Å². The number of anilines is 1. The maximum atomic E-state index is 11.9. The van der Waals surface area contributed by atoms with Gasteiger partial charge in [0.05, 0.1) is 11.3 Å². The van der Waals surface area contributed by atoms with Crippen molar-refractivity contribution in [2.24, 2.45) is 0 Å².